The molecular weight excluding hydrogens is 366 g/mol. The standard InChI is InChI=1S/C24H19NO4/c1-14-11-15(2)22-18(12-14)21(26)19-20(16-7-4-3-5-8-16)25(24(27)23(19)29-22)13-17-9-6-10-28-17/h3-12,20H,13H2,1-2H3. The Balaban J connectivity index is 1.78. The highest BCUT2D eigenvalue weighted by molar-refractivity contribution is 5.99. The number of aryl methyl sites for hydroxylation is 2. The van der Waals surface area contributed by atoms with Crippen LogP contribution in [0.2, 0.25) is 0 Å². The van der Waals surface area contributed by atoms with Crippen LogP contribution >= 0.6 is 0 Å². The van der Waals surface area contributed by atoms with Crippen molar-refractivity contribution in [2.75, 3.05) is 0 Å². The summed E-state index contributed by atoms with van der Waals surface area (Å²) in [7, 11) is 0. The zero-order valence-electron chi connectivity index (χ0n) is 16.1. The fourth-order valence-electron chi connectivity index (χ4n) is 4.19. The summed E-state index contributed by atoms with van der Waals surface area (Å²) in [5.74, 6) is 0.468. The summed E-state index contributed by atoms with van der Waals surface area (Å²) in [5, 5.41) is 0.509. The lowest BCUT2D eigenvalue weighted by Gasteiger charge is -2.24. The zero-order chi connectivity index (χ0) is 20.1. The van der Waals surface area contributed by atoms with Gasteiger partial charge in [-0.15, -0.1) is 0 Å². The first-order valence-corrected chi connectivity index (χ1v) is 9.51. The summed E-state index contributed by atoms with van der Waals surface area (Å²) >= 11 is 0. The van der Waals surface area contributed by atoms with Crippen LogP contribution in [0.25, 0.3) is 11.0 Å². The molecule has 29 heavy (non-hydrogen) atoms. The molecule has 0 spiro atoms. The Labute approximate surface area is 167 Å². The van der Waals surface area contributed by atoms with Gasteiger partial charge in [0, 0.05) is 0 Å². The van der Waals surface area contributed by atoms with E-state index >= 15 is 0 Å². The Morgan fingerprint density at radius 1 is 1.00 bits per heavy atom. The van der Waals surface area contributed by atoms with Crippen LogP contribution < -0.4 is 5.43 Å². The molecule has 0 N–H and O–H groups in total. The van der Waals surface area contributed by atoms with Crippen molar-refractivity contribution in [3.05, 3.63) is 105 Å². The largest absolute Gasteiger partial charge is 0.467 e. The number of carbonyl (C=O) groups is 1. The maximum atomic E-state index is 13.5. The van der Waals surface area contributed by atoms with E-state index in [1.807, 2.05) is 62.4 Å². The normalized spacial score (nSPS) is 15.9. The van der Waals surface area contributed by atoms with E-state index in [2.05, 4.69) is 0 Å². The lowest BCUT2D eigenvalue weighted by molar-refractivity contribution is 0.0701. The van der Waals surface area contributed by atoms with E-state index in [4.69, 9.17) is 8.83 Å². The smallest absolute Gasteiger partial charge is 0.291 e. The Kier molecular flexibility index (Phi) is 3.91. The van der Waals surface area contributed by atoms with Crippen molar-refractivity contribution in [3.8, 4) is 0 Å². The number of furan rings is 1. The Morgan fingerprint density at radius 2 is 1.79 bits per heavy atom. The molecule has 1 unspecified atom stereocenters. The third-order valence-corrected chi connectivity index (χ3v) is 5.42. The molecule has 1 aliphatic rings. The van der Waals surface area contributed by atoms with Gasteiger partial charge in [0.15, 0.2) is 5.43 Å². The minimum Gasteiger partial charge on any atom is -0.467 e. The van der Waals surface area contributed by atoms with Gasteiger partial charge >= 0.3 is 0 Å². The molecule has 0 bridgehead atoms. The summed E-state index contributed by atoms with van der Waals surface area (Å²) in [6.45, 7) is 4.09. The molecule has 0 saturated carbocycles. The summed E-state index contributed by atoms with van der Waals surface area (Å²) in [6.07, 6.45) is 1.57. The van der Waals surface area contributed by atoms with Gasteiger partial charge in [-0.1, -0.05) is 36.4 Å². The molecule has 0 fully saturated rings. The molecule has 0 radical (unpaired) electrons. The summed E-state index contributed by atoms with van der Waals surface area (Å²) in [6, 6.07) is 16.4. The van der Waals surface area contributed by atoms with E-state index < -0.39 is 6.04 Å². The van der Waals surface area contributed by atoms with Crippen molar-refractivity contribution >= 4 is 16.9 Å². The average Bonchev–Trinajstić information content (AvgIpc) is 3.31. The van der Waals surface area contributed by atoms with Crippen LogP contribution in [-0.2, 0) is 6.54 Å². The molecule has 5 heteroatoms. The van der Waals surface area contributed by atoms with Crippen LogP contribution in [0.3, 0.4) is 0 Å². The maximum absolute atomic E-state index is 13.5. The SMILES string of the molecule is Cc1cc(C)c2oc3c(c(=O)c2c1)C(c1ccccc1)N(Cc1ccco1)C3=O. The topological polar surface area (TPSA) is 63.7 Å². The second-order valence-corrected chi connectivity index (χ2v) is 7.46. The quantitative estimate of drug-likeness (QED) is 0.511. The number of carbonyl (C=O) groups excluding carboxylic acids is 1. The second-order valence-electron chi connectivity index (χ2n) is 7.46. The van der Waals surface area contributed by atoms with Crippen molar-refractivity contribution in [1.82, 2.24) is 4.90 Å². The minimum atomic E-state index is -0.523. The predicted molar refractivity (Wildman–Crippen MR) is 109 cm³/mol. The van der Waals surface area contributed by atoms with Crippen LogP contribution in [-0.4, -0.2) is 10.8 Å². The van der Waals surface area contributed by atoms with E-state index in [0.29, 0.717) is 22.3 Å². The van der Waals surface area contributed by atoms with Crippen LogP contribution in [0.4, 0.5) is 0 Å². The molecule has 1 atom stereocenters. The predicted octanol–water partition coefficient (Wildman–Crippen LogP) is 4.75. The third-order valence-electron chi connectivity index (χ3n) is 5.42. The molecule has 3 heterocycles. The molecule has 5 nitrogen and oxygen atoms in total. The highest BCUT2D eigenvalue weighted by Crippen LogP contribution is 2.39. The Bertz CT molecular complexity index is 1290. The fraction of sp³-hybridized carbons (Fsp3) is 0.167. The first kappa shape index (κ1) is 17.5. The van der Waals surface area contributed by atoms with E-state index in [1.54, 1.807) is 17.2 Å². The zero-order valence-corrected chi connectivity index (χ0v) is 16.1. The molecule has 2 aromatic carbocycles. The van der Waals surface area contributed by atoms with Gasteiger partial charge in [-0.2, -0.15) is 0 Å². The van der Waals surface area contributed by atoms with Crippen molar-refractivity contribution in [1.29, 1.82) is 0 Å². The third kappa shape index (κ3) is 2.70. The molecule has 0 saturated heterocycles. The van der Waals surface area contributed by atoms with Gasteiger partial charge in [0.05, 0.1) is 29.8 Å². The van der Waals surface area contributed by atoms with E-state index in [9.17, 15) is 9.59 Å². The summed E-state index contributed by atoms with van der Waals surface area (Å²) in [4.78, 5) is 28.5. The number of benzene rings is 2. The first-order chi connectivity index (χ1) is 14.0. The number of rotatable bonds is 3. The molecule has 0 aliphatic carbocycles. The second kappa shape index (κ2) is 6.48. The molecule has 1 amide bonds. The monoisotopic (exact) mass is 385 g/mol. The number of hydrogen-bond donors (Lipinski definition) is 0. The molecule has 4 aromatic rings. The van der Waals surface area contributed by atoms with E-state index in [0.717, 1.165) is 16.7 Å². The van der Waals surface area contributed by atoms with Crippen molar-refractivity contribution in [2.45, 2.75) is 26.4 Å². The van der Waals surface area contributed by atoms with Crippen LogP contribution in [0.1, 0.15) is 44.6 Å². The number of amides is 1. The van der Waals surface area contributed by atoms with Gasteiger partial charge in [-0.05, 0) is 48.7 Å². The first-order valence-electron chi connectivity index (χ1n) is 9.51. The van der Waals surface area contributed by atoms with Crippen molar-refractivity contribution < 1.29 is 13.6 Å². The Hall–Kier alpha value is -3.60. The lowest BCUT2D eigenvalue weighted by atomic mass is 9.97. The van der Waals surface area contributed by atoms with Crippen LogP contribution in [0, 0.1) is 13.8 Å². The van der Waals surface area contributed by atoms with Crippen molar-refractivity contribution in [2.24, 2.45) is 0 Å². The van der Waals surface area contributed by atoms with E-state index in [-0.39, 0.29) is 23.6 Å². The van der Waals surface area contributed by atoms with Gasteiger partial charge in [0.1, 0.15) is 11.3 Å². The van der Waals surface area contributed by atoms with Gasteiger partial charge < -0.3 is 13.7 Å². The summed E-state index contributed by atoms with van der Waals surface area (Å²) < 4.78 is 11.5. The average molecular weight is 385 g/mol. The highest BCUT2D eigenvalue weighted by atomic mass is 16.4. The minimum absolute atomic E-state index is 0.120. The molecule has 1 aliphatic heterocycles. The highest BCUT2D eigenvalue weighted by Gasteiger charge is 2.43. The maximum Gasteiger partial charge on any atom is 0.291 e. The van der Waals surface area contributed by atoms with E-state index in [1.165, 1.54) is 0 Å². The van der Waals surface area contributed by atoms with Crippen LogP contribution in [0.5, 0.6) is 0 Å². The van der Waals surface area contributed by atoms with Gasteiger partial charge in [0.2, 0.25) is 5.76 Å². The lowest BCUT2D eigenvalue weighted by Crippen LogP contribution is -2.29. The molecule has 5 rings (SSSR count). The van der Waals surface area contributed by atoms with Gasteiger partial charge in [0.25, 0.3) is 5.91 Å². The number of nitrogens with zero attached hydrogens (tertiary/aromatic N) is 1. The molecule has 2 aromatic heterocycles. The Morgan fingerprint density at radius 3 is 2.52 bits per heavy atom. The van der Waals surface area contributed by atoms with Gasteiger partial charge in [-0.25, -0.2) is 0 Å². The summed E-state index contributed by atoms with van der Waals surface area (Å²) in [5.41, 5.74) is 3.40. The molecule has 144 valence electrons. The number of hydrogen-bond acceptors (Lipinski definition) is 4. The van der Waals surface area contributed by atoms with Gasteiger partial charge in [-0.3, -0.25) is 9.59 Å². The van der Waals surface area contributed by atoms with Crippen molar-refractivity contribution in [3.63, 3.8) is 0 Å². The fourth-order valence-corrected chi connectivity index (χ4v) is 4.19. The molecular formula is C24H19NO4. The van der Waals surface area contributed by atoms with Crippen LogP contribution in [0.15, 0.2) is 74.5 Å². The number of fused-ring (bicyclic) bond motifs is 2.